The molecule has 6 nitrogen and oxygen atoms in total. The molecule has 2 rings (SSSR count). The van der Waals surface area contributed by atoms with Crippen LogP contribution in [0.4, 0.5) is 0 Å². The summed E-state index contributed by atoms with van der Waals surface area (Å²) in [6, 6.07) is 10.8. The van der Waals surface area contributed by atoms with Crippen LogP contribution in [0.3, 0.4) is 0 Å². The third kappa shape index (κ3) is 4.73. The molecule has 24 heavy (non-hydrogen) atoms. The zero-order chi connectivity index (χ0) is 17.6. The van der Waals surface area contributed by atoms with E-state index in [-0.39, 0.29) is 16.4 Å². The number of sulfonamides is 1. The van der Waals surface area contributed by atoms with Crippen molar-refractivity contribution < 1.29 is 18.6 Å². The summed E-state index contributed by atoms with van der Waals surface area (Å²) in [5.41, 5.74) is 1.54. The molecule has 0 amide bonds. The third-order valence-corrected chi connectivity index (χ3v) is 4.68. The van der Waals surface area contributed by atoms with E-state index in [2.05, 4.69) is 16.9 Å². The first-order valence-corrected chi connectivity index (χ1v) is 9.06. The molecule has 0 saturated carbocycles. The number of aromatic hydroxyl groups is 2. The molecule has 0 saturated heterocycles. The van der Waals surface area contributed by atoms with Crippen molar-refractivity contribution in [3.63, 3.8) is 0 Å². The van der Waals surface area contributed by atoms with Crippen LogP contribution in [0.5, 0.6) is 11.5 Å². The number of benzene rings is 2. The molecule has 0 spiro atoms. The van der Waals surface area contributed by atoms with E-state index in [9.17, 15) is 18.6 Å². The summed E-state index contributed by atoms with van der Waals surface area (Å²) in [6.07, 6.45) is 4.32. The zero-order valence-corrected chi connectivity index (χ0v) is 14.1. The van der Waals surface area contributed by atoms with Crippen LogP contribution in [0.1, 0.15) is 30.9 Å². The fraction of sp³-hybridized carbons (Fsp3) is 0.235. The molecule has 0 aliphatic rings. The second kappa shape index (κ2) is 7.83. The minimum absolute atomic E-state index is 0.133. The van der Waals surface area contributed by atoms with E-state index >= 15 is 0 Å². The van der Waals surface area contributed by atoms with E-state index in [0.29, 0.717) is 5.56 Å². The lowest BCUT2D eigenvalue weighted by Gasteiger charge is -2.05. The number of rotatable bonds is 7. The molecule has 128 valence electrons. The normalized spacial score (nSPS) is 11.7. The van der Waals surface area contributed by atoms with Gasteiger partial charge in [0.05, 0.1) is 11.1 Å². The highest BCUT2D eigenvalue weighted by atomic mass is 32.2. The Morgan fingerprint density at radius 2 is 1.79 bits per heavy atom. The fourth-order valence-electron chi connectivity index (χ4n) is 2.06. The monoisotopic (exact) mass is 348 g/mol. The van der Waals surface area contributed by atoms with Gasteiger partial charge in [-0.3, -0.25) is 0 Å². The predicted octanol–water partition coefficient (Wildman–Crippen LogP) is 2.75. The van der Waals surface area contributed by atoms with Crippen molar-refractivity contribution in [3.05, 3.63) is 53.6 Å². The van der Waals surface area contributed by atoms with Crippen LogP contribution in [0.15, 0.2) is 52.5 Å². The number of aryl methyl sites for hydroxylation is 1. The minimum Gasteiger partial charge on any atom is -0.504 e. The molecule has 0 aliphatic carbocycles. The van der Waals surface area contributed by atoms with Gasteiger partial charge in [0, 0.05) is 0 Å². The molecular weight excluding hydrogens is 328 g/mol. The first-order valence-electron chi connectivity index (χ1n) is 7.58. The molecule has 0 fully saturated rings. The molecular formula is C17H20N2O4S. The minimum atomic E-state index is -3.75. The number of hydrogen-bond donors (Lipinski definition) is 3. The molecule has 0 bridgehead atoms. The summed E-state index contributed by atoms with van der Waals surface area (Å²) >= 11 is 0. The molecule has 0 atom stereocenters. The van der Waals surface area contributed by atoms with Crippen LogP contribution < -0.4 is 4.83 Å². The lowest BCUT2D eigenvalue weighted by Crippen LogP contribution is -2.18. The van der Waals surface area contributed by atoms with Gasteiger partial charge in [0.15, 0.2) is 11.5 Å². The van der Waals surface area contributed by atoms with Crippen molar-refractivity contribution in [2.75, 3.05) is 0 Å². The molecule has 0 unspecified atom stereocenters. The maximum absolute atomic E-state index is 12.2. The first-order chi connectivity index (χ1) is 11.4. The summed E-state index contributed by atoms with van der Waals surface area (Å²) in [5, 5.41) is 22.3. The molecule has 0 aliphatic heterocycles. The maximum atomic E-state index is 12.2. The van der Waals surface area contributed by atoms with Gasteiger partial charge in [0.2, 0.25) is 0 Å². The third-order valence-electron chi connectivity index (χ3n) is 3.44. The van der Waals surface area contributed by atoms with Gasteiger partial charge < -0.3 is 10.2 Å². The Labute approximate surface area is 141 Å². The highest BCUT2D eigenvalue weighted by Crippen LogP contribution is 2.24. The lowest BCUT2D eigenvalue weighted by atomic mass is 10.1. The van der Waals surface area contributed by atoms with Crippen molar-refractivity contribution in [1.29, 1.82) is 0 Å². The number of phenols is 2. The average molecular weight is 348 g/mol. The number of hydrazone groups is 1. The van der Waals surface area contributed by atoms with Gasteiger partial charge in [-0.05, 0) is 54.3 Å². The number of nitrogens with zero attached hydrogens (tertiary/aromatic N) is 1. The van der Waals surface area contributed by atoms with Gasteiger partial charge in [-0.15, -0.1) is 0 Å². The quantitative estimate of drug-likeness (QED) is 0.407. The van der Waals surface area contributed by atoms with Crippen LogP contribution in [-0.2, 0) is 16.4 Å². The van der Waals surface area contributed by atoms with Gasteiger partial charge in [-0.2, -0.15) is 13.5 Å². The predicted molar refractivity (Wildman–Crippen MR) is 92.7 cm³/mol. The van der Waals surface area contributed by atoms with Gasteiger partial charge in [-0.1, -0.05) is 25.5 Å². The summed E-state index contributed by atoms with van der Waals surface area (Å²) in [4.78, 5) is 2.25. The number of nitrogens with one attached hydrogen (secondary N) is 1. The number of unbranched alkanes of at least 4 members (excludes halogenated alkanes) is 1. The van der Waals surface area contributed by atoms with E-state index in [1.54, 1.807) is 24.3 Å². The second-order valence-corrected chi connectivity index (χ2v) is 7.01. The summed E-state index contributed by atoms with van der Waals surface area (Å²) in [5.74, 6) is -0.555. The Morgan fingerprint density at radius 3 is 2.42 bits per heavy atom. The lowest BCUT2D eigenvalue weighted by molar-refractivity contribution is 0.403. The van der Waals surface area contributed by atoms with E-state index in [1.807, 2.05) is 0 Å². The van der Waals surface area contributed by atoms with E-state index in [4.69, 9.17) is 0 Å². The van der Waals surface area contributed by atoms with Crippen LogP contribution in [0.25, 0.3) is 0 Å². The molecule has 2 aromatic carbocycles. The van der Waals surface area contributed by atoms with E-state index < -0.39 is 10.0 Å². The molecule has 2 aromatic rings. The van der Waals surface area contributed by atoms with Crippen molar-refractivity contribution in [1.82, 2.24) is 4.83 Å². The Hall–Kier alpha value is -2.54. The number of hydrogen-bond acceptors (Lipinski definition) is 5. The van der Waals surface area contributed by atoms with Crippen molar-refractivity contribution in [2.24, 2.45) is 5.10 Å². The summed E-state index contributed by atoms with van der Waals surface area (Å²) in [7, 11) is -3.75. The van der Waals surface area contributed by atoms with Crippen molar-refractivity contribution >= 4 is 16.2 Å². The fourth-order valence-corrected chi connectivity index (χ4v) is 2.85. The number of phenolic OH excluding ortho intramolecular Hbond substituents is 2. The second-order valence-electron chi connectivity index (χ2n) is 5.35. The van der Waals surface area contributed by atoms with E-state index in [1.165, 1.54) is 24.4 Å². The Morgan fingerprint density at radius 1 is 1.08 bits per heavy atom. The van der Waals surface area contributed by atoms with Gasteiger partial charge in [-0.25, -0.2) is 4.83 Å². The van der Waals surface area contributed by atoms with Crippen LogP contribution in [0.2, 0.25) is 0 Å². The van der Waals surface area contributed by atoms with Gasteiger partial charge >= 0.3 is 0 Å². The molecule has 0 aromatic heterocycles. The Kier molecular flexibility index (Phi) is 5.81. The van der Waals surface area contributed by atoms with Crippen LogP contribution in [0, 0.1) is 0 Å². The largest absolute Gasteiger partial charge is 0.504 e. The molecule has 7 heteroatoms. The van der Waals surface area contributed by atoms with E-state index in [0.717, 1.165) is 24.8 Å². The van der Waals surface area contributed by atoms with Gasteiger partial charge in [0.1, 0.15) is 0 Å². The SMILES string of the molecule is CCCCc1ccc(S(=O)(=O)N/N=C\c2ccc(O)c(O)c2)cc1. The first kappa shape index (κ1) is 17.8. The Bertz CT molecular complexity index is 815. The highest BCUT2D eigenvalue weighted by Gasteiger charge is 2.12. The average Bonchev–Trinajstić information content (AvgIpc) is 2.56. The summed E-state index contributed by atoms with van der Waals surface area (Å²) in [6.45, 7) is 2.11. The smallest absolute Gasteiger partial charge is 0.276 e. The molecule has 3 N–H and O–H groups in total. The summed E-state index contributed by atoms with van der Waals surface area (Å²) < 4.78 is 24.3. The highest BCUT2D eigenvalue weighted by molar-refractivity contribution is 7.89. The molecule has 0 radical (unpaired) electrons. The Balaban J connectivity index is 2.04. The van der Waals surface area contributed by atoms with Crippen LogP contribution >= 0.6 is 0 Å². The maximum Gasteiger partial charge on any atom is 0.276 e. The standard InChI is InChI=1S/C17H20N2O4S/c1-2-3-4-13-5-8-15(9-6-13)24(22,23)19-18-12-14-7-10-16(20)17(21)11-14/h5-12,19-21H,2-4H2,1H3/b18-12-. The topological polar surface area (TPSA) is 99.0 Å². The van der Waals surface area contributed by atoms with Crippen molar-refractivity contribution in [2.45, 2.75) is 31.1 Å². The van der Waals surface area contributed by atoms with Gasteiger partial charge in [0.25, 0.3) is 10.0 Å². The van der Waals surface area contributed by atoms with Crippen molar-refractivity contribution in [3.8, 4) is 11.5 Å². The zero-order valence-electron chi connectivity index (χ0n) is 13.3. The molecule has 0 heterocycles. The van der Waals surface area contributed by atoms with Crippen LogP contribution in [-0.4, -0.2) is 24.8 Å².